The average molecular weight is 412 g/mol. The second-order valence-corrected chi connectivity index (χ2v) is 9.15. The molecule has 0 fully saturated rings. The lowest BCUT2D eigenvalue weighted by atomic mass is 10.1. The first-order chi connectivity index (χ1) is 13.7. The summed E-state index contributed by atoms with van der Waals surface area (Å²) in [6, 6.07) is 20.5. The molecule has 0 bridgehead atoms. The van der Waals surface area contributed by atoms with Crippen LogP contribution in [0.1, 0.15) is 29.8 Å². The van der Waals surface area contributed by atoms with E-state index in [0.29, 0.717) is 24.6 Å². The summed E-state index contributed by atoms with van der Waals surface area (Å²) in [6.45, 7) is 5.20. The lowest BCUT2D eigenvalue weighted by Gasteiger charge is -2.25. The van der Waals surface area contributed by atoms with Crippen LogP contribution >= 0.6 is 0 Å². The predicted molar refractivity (Wildman–Crippen MR) is 115 cm³/mol. The molecule has 0 aliphatic rings. The molecule has 5 nitrogen and oxygen atoms in total. The van der Waals surface area contributed by atoms with E-state index in [0.717, 1.165) is 22.6 Å². The van der Waals surface area contributed by atoms with Crippen LogP contribution in [-0.4, -0.2) is 32.0 Å². The van der Waals surface area contributed by atoms with Crippen molar-refractivity contribution in [3.8, 4) is 5.75 Å². The minimum absolute atomic E-state index is 0.0269. The molecule has 1 amide bonds. The van der Waals surface area contributed by atoms with Crippen LogP contribution in [0.2, 0.25) is 0 Å². The van der Waals surface area contributed by atoms with Crippen LogP contribution in [0.5, 0.6) is 5.75 Å². The van der Waals surface area contributed by atoms with Gasteiger partial charge in [0.25, 0.3) is 5.91 Å². The number of hydrogen-bond donors (Lipinski definition) is 0. The van der Waals surface area contributed by atoms with E-state index in [4.69, 9.17) is 4.18 Å². The Balaban J connectivity index is 1.82. The van der Waals surface area contributed by atoms with Gasteiger partial charge in [-0.1, -0.05) is 56.3 Å². The number of hydrogen-bond acceptors (Lipinski definition) is 4. The summed E-state index contributed by atoms with van der Waals surface area (Å²) in [7, 11) is -3.56. The van der Waals surface area contributed by atoms with E-state index in [1.54, 1.807) is 24.3 Å². The van der Waals surface area contributed by atoms with Gasteiger partial charge in [0.05, 0.1) is 6.26 Å². The number of rotatable bonds is 7. The van der Waals surface area contributed by atoms with Crippen molar-refractivity contribution in [2.75, 3.05) is 12.8 Å². The Kier molecular flexibility index (Phi) is 6.23. The molecular formula is C23H25NO4S. The van der Waals surface area contributed by atoms with Crippen LogP contribution in [0, 0.1) is 5.92 Å². The van der Waals surface area contributed by atoms with Crippen molar-refractivity contribution in [3.05, 3.63) is 77.9 Å². The molecule has 0 spiro atoms. The van der Waals surface area contributed by atoms with Gasteiger partial charge in [-0.15, -0.1) is 0 Å². The summed E-state index contributed by atoms with van der Waals surface area (Å²) in [5, 5.41) is 2.13. The van der Waals surface area contributed by atoms with Gasteiger partial charge < -0.3 is 9.08 Å². The Hall–Kier alpha value is -2.86. The second-order valence-electron chi connectivity index (χ2n) is 7.57. The van der Waals surface area contributed by atoms with Crippen molar-refractivity contribution in [1.29, 1.82) is 0 Å². The number of fused-ring (bicyclic) bond motifs is 1. The molecule has 0 aliphatic heterocycles. The maximum atomic E-state index is 13.2. The first kappa shape index (κ1) is 20.9. The Morgan fingerprint density at radius 3 is 2.24 bits per heavy atom. The lowest BCUT2D eigenvalue weighted by molar-refractivity contribution is 0.0723. The van der Waals surface area contributed by atoms with Crippen LogP contribution in [0.25, 0.3) is 10.8 Å². The maximum Gasteiger partial charge on any atom is 0.306 e. The van der Waals surface area contributed by atoms with Crippen LogP contribution < -0.4 is 4.18 Å². The van der Waals surface area contributed by atoms with E-state index in [-0.39, 0.29) is 11.7 Å². The summed E-state index contributed by atoms with van der Waals surface area (Å²) in [4.78, 5) is 15.0. The van der Waals surface area contributed by atoms with E-state index < -0.39 is 10.1 Å². The summed E-state index contributed by atoms with van der Waals surface area (Å²) < 4.78 is 27.4. The highest BCUT2D eigenvalue weighted by molar-refractivity contribution is 7.86. The first-order valence-electron chi connectivity index (χ1n) is 9.48. The van der Waals surface area contributed by atoms with Gasteiger partial charge in [0.1, 0.15) is 5.75 Å². The lowest BCUT2D eigenvalue weighted by Crippen LogP contribution is -2.33. The Bertz CT molecular complexity index is 1110. The van der Waals surface area contributed by atoms with E-state index >= 15 is 0 Å². The third-order valence-corrected chi connectivity index (χ3v) is 4.91. The highest BCUT2D eigenvalue weighted by atomic mass is 32.2. The zero-order valence-electron chi connectivity index (χ0n) is 16.8. The van der Waals surface area contributed by atoms with E-state index in [9.17, 15) is 13.2 Å². The molecule has 3 aromatic carbocycles. The molecule has 152 valence electrons. The van der Waals surface area contributed by atoms with Gasteiger partial charge in [-0.2, -0.15) is 8.42 Å². The molecule has 3 rings (SSSR count). The molecule has 0 atom stereocenters. The average Bonchev–Trinajstić information content (AvgIpc) is 2.66. The van der Waals surface area contributed by atoms with Crippen molar-refractivity contribution in [2.24, 2.45) is 5.92 Å². The fraction of sp³-hybridized carbons (Fsp3) is 0.261. The topological polar surface area (TPSA) is 63.7 Å². The monoisotopic (exact) mass is 411 g/mol. The van der Waals surface area contributed by atoms with Crippen LogP contribution in [0.3, 0.4) is 0 Å². The largest absolute Gasteiger partial charge is 0.383 e. The molecule has 3 aromatic rings. The van der Waals surface area contributed by atoms with E-state index in [1.807, 2.05) is 47.4 Å². The van der Waals surface area contributed by atoms with E-state index in [1.165, 1.54) is 0 Å². The zero-order valence-corrected chi connectivity index (χ0v) is 17.6. The van der Waals surface area contributed by atoms with Gasteiger partial charge in [-0.05, 0) is 46.5 Å². The number of carbonyl (C=O) groups is 1. The molecule has 0 N–H and O–H groups in total. The number of nitrogens with zero attached hydrogens (tertiary/aromatic N) is 1. The van der Waals surface area contributed by atoms with Crippen molar-refractivity contribution in [1.82, 2.24) is 4.90 Å². The summed E-state index contributed by atoms with van der Waals surface area (Å²) in [6.07, 6.45) is 1.01. The van der Waals surface area contributed by atoms with Crippen molar-refractivity contribution >= 4 is 26.8 Å². The standard InChI is InChI=1S/C23H25NO4S/c1-17(2)15-24(16-18-8-12-22(13-9-18)28-29(3,26)27)23(25)21-11-10-19-6-4-5-7-20(19)14-21/h4-14,17H,15-16H2,1-3H3. The minimum atomic E-state index is -3.56. The van der Waals surface area contributed by atoms with Gasteiger partial charge in [0.15, 0.2) is 0 Å². The van der Waals surface area contributed by atoms with Crippen molar-refractivity contribution in [2.45, 2.75) is 20.4 Å². The molecule has 29 heavy (non-hydrogen) atoms. The summed E-state index contributed by atoms with van der Waals surface area (Å²) in [5.41, 5.74) is 1.56. The zero-order chi connectivity index (χ0) is 21.0. The molecule has 6 heteroatoms. The quantitative estimate of drug-likeness (QED) is 0.538. The second kappa shape index (κ2) is 8.66. The number of benzene rings is 3. The third kappa shape index (κ3) is 5.81. The Labute approximate surface area is 172 Å². The number of amides is 1. The fourth-order valence-corrected chi connectivity index (χ4v) is 3.67. The highest BCUT2D eigenvalue weighted by Crippen LogP contribution is 2.20. The maximum absolute atomic E-state index is 13.2. The molecule has 0 aromatic heterocycles. The smallest absolute Gasteiger partial charge is 0.306 e. The normalized spacial score (nSPS) is 11.6. The third-order valence-electron chi connectivity index (χ3n) is 4.41. The molecule has 0 radical (unpaired) electrons. The molecule has 0 unspecified atom stereocenters. The van der Waals surface area contributed by atoms with Gasteiger partial charge in [-0.25, -0.2) is 0 Å². The van der Waals surface area contributed by atoms with Gasteiger partial charge in [0, 0.05) is 18.7 Å². The molecular weight excluding hydrogens is 386 g/mol. The molecule has 0 heterocycles. The summed E-state index contributed by atoms with van der Waals surface area (Å²) in [5.74, 6) is 0.542. The Morgan fingerprint density at radius 1 is 0.966 bits per heavy atom. The molecule has 0 aliphatic carbocycles. The fourth-order valence-electron chi connectivity index (χ4n) is 3.21. The van der Waals surface area contributed by atoms with E-state index in [2.05, 4.69) is 13.8 Å². The SMILES string of the molecule is CC(C)CN(Cc1ccc(OS(C)(=O)=O)cc1)C(=O)c1ccc2ccccc2c1. The number of carbonyl (C=O) groups excluding carboxylic acids is 1. The van der Waals surface area contributed by atoms with Crippen LogP contribution in [0.4, 0.5) is 0 Å². The van der Waals surface area contributed by atoms with Gasteiger partial charge >= 0.3 is 10.1 Å². The predicted octanol–water partition coefficient (Wildman–Crippen LogP) is 4.48. The summed E-state index contributed by atoms with van der Waals surface area (Å²) >= 11 is 0. The van der Waals surface area contributed by atoms with Gasteiger partial charge in [-0.3, -0.25) is 4.79 Å². The highest BCUT2D eigenvalue weighted by Gasteiger charge is 2.18. The van der Waals surface area contributed by atoms with Crippen LogP contribution in [0.15, 0.2) is 66.7 Å². The molecule has 0 saturated heterocycles. The van der Waals surface area contributed by atoms with Crippen molar-refractivity contribution < 1.29 is 17.4 Å². The van der Waals surface area contributed by atoms with Crippen LogP contribution in [-0.2, 0) is 16.7 Å². The Morgan fingerprint density at radius 2 is 1.62 bits per heavy atom. The first-order valence-corrected chi connectivity index (χ1v) is 11.3. The van der Waals surface area contributed by atoms with Crippen molar-refractivity contribution in [3.63, 3.8) is 0 Å². The molecule has 0 saturated carbocycles. The van der Waals surface area contributed by atoms with Gasteiger partial charge in [0.2, 0.25) is 0 Å². The minimum Gasteiger partial charge on any atom is -0.383 e.